The van der Waals surface area contributed by atoms with Gasteiger partial charge in [0.1, 0.15) is 0 Å². The highest BCUT2D eigenvalue weighted by molar-refractivity contribution is 9.10. The van der Waals surface area contributed by atoms with Gasteiger partial charge in [-0.3, -0.25) is 4.79 Å². The lowest BCUT2D eigenvalue weighted by Crippen LogP contribution is -2.47. The predicted octanol–water partition coefficient (Wildman–Crippen LogP) is 2.45. The van der Waals surface area contributed by atoms with Crippen molar-refractivity contribution in [3.05, 3.63) is 50.6 Å². The number of hydrogen-bond donors (Lipinski definition) is 3. The van der Waals surface area contributed by atoms with E-state index in [9.17, 15) is 9.59 Å². The van der Waals surface area contributed by atoms with Crippen LogP contribution in [0.1, 0.15) is 10.4 Å². The first kappa shape index (κ1) is 17.8. The lowest BCUT2D eigenvalue weighted by molar-refractivity contribution is -0.120. The van der Waals surface area contributed by atoms with Crippen molar-refractivity contribution in [2.75, 3.05) is 24.5 Å². The fraction of sp³-hybridized carbons (Fsp3) is 0.294. The van der Waals surface area contributed by atoms with Crippen molar-refractivity contribution in [3.63, 3.8) is 0 Å². The molecule has 3 N–H and O–H groups in total. The molecule has 0 atom stereocenters. The van der Waals surface area contributed by atoms with E-state index >= 15 is 0 Å². The van der Waals surface area contributed by atoms with E-state index in [4.69, 9.17) is 0 Å². The number of benzene rings is 1. The second-order valence-electron chi connectivity index (χ2n) is 5.71. The zero-order valence-electron chi connectivity index (χ0n) is 13.5. The molecular weight excluding hydrogens is 404 g/mol. The Bertz CT molecular complexity index is 747. The number of urea groups is 1. The molecule has 1 fully saturated rings. The van der Waals surface area contributed by atoms with Crippen LogP contribution in [0.2, 0.25) is 0 Å². The standard InChI is InChI=1S/C17H19BrN4O2S/c18-13-7-15(25-11-13)9-21-17(24)20-8-12-1-3-14(4-2-12)22-6-5-19-16(23)10-22/h1-4,7,11H,5-6,8-10H2,(H,19,23)(H2,20,21,24). The Hall–Kier alpha value is -2.06. The van der Waals surface area contributed by atoms with E-state index in [0.717, 1.165) is 27.1 Å². The van der Waals surface area contributed by atoms with Gasteiger partial charge in [-0.1, -0.05) is 12.1 Å². The Morgan fingerprint density at radius 2 is 2.00 bits per heavy atom. The summed E-state index contributed by atoms with van der Waals surface area (Å²) in [5.74, 6) is 0.0476. The molecule has 1 saturated heterocycles. The fourth-order valence-electron chi connectivity index (χ4n) is 2.54. The minimum absolute atomic E-state index is 0.0476. The highest BCUT2D eigenvalue weighted by Gasteiger charge is 2.16. The molecule has 0 aliphatic carbocycles. The maximum atomic E-state index is 11.9. The summed E-state index contributed by atoms with van der Waals surface area (Å²) >= 11 is 4.99. The Morgan fingerprint density at radius 1 is 1.24 bits per heavy atom. The van der Waals surface area contributed by atoms with Crippen LogP contribution in [0.3, 0.4) is 0 Å². The van der Waals surface area contributed by atoms with Crippen molar-refractivity contribution in [2.24, 2.45) is 0 Å². The molecule has 0 radical (unpaired) electrons. The van der Waals surface area contributed by atoms with Crippen LogP contribution in [-0.2, 0) is 17.9 Å². The summed E-state index contributed by atoms with van der Waals surface area (Å²) in [5, 5.41) is 10.5. The molecule has 3 amide bonds. The number of amides is 3. The van der Waals surface area contributed by atoms with E-state index in [-0.39, 0.29) is 11.9 Å². The van der Waals surface area contributed by atoms with Crippen molar-refractivity contribution >= 4 is 44.9 Å². The molecule has 2 aromatic rings. The third-order valence-corrected chi connectivity index (χ3v) is 5.54. The van der Waals surface area contributed by atoms with Crippen LogP contribution in [0.25, 0.3) is 0 Å². The molecule has 6 nitrogen and oxygen atoms in total. The van der Waals surface area contributed by atoms with Crippen LogP contribution >= 0.6 is 27.3 Å². The highest BCUT2D eigenvalue weighted by atomic mass is 79.9. The van der Waals surface area contributed by atoms with Gasteiger partial charge in [0.25, 0.3) is 0 Å². The monoisotopic (exact) mass is 422 g/mol. The maximum absolute atomic E-state index is 11.9. The van der Waals surface area contributed by atoms with Gasteiger partial charge < -0.3 is 20.9 Å². The van der Waals surface area contributed by atoms with Gasteiger partial charge >= 0.3 is 6.03 Å². The van der Waals surface area contributed by atoms with Gasteiger partial charge in [-0.05, 0) is 39.7 Å². The van der Waals surface area contributed by atoms with E-state index in [1.807, 2.05) is 40.6 Å². The molecule has 132 valence electrons. The van der Waals surface area contributed by atoms with E-state index in [0.29, 0.717) is 26.2 Å². The summed E-state index contributed by atoms with van der Waals surface area (Å²) in [5.41, 5.74) is 2.03. The molecule has 25 heavy (non-hydrogen) atoms. The van der Waals surface area contributed by atoms with Gasteiger partial charge in [-0.15, -0.1) is 11.3 Å². The summed E-state index contributed by atoms with van der Waals surface area (Å²) in [6, 6.07) is 9.70. The number of piperazine rings is 1. The van der Waals surface area contributed by atoms with Crippen LogP contribution < -0.4 is 20.9 Å². The van der Waals surface area contributed by atoms with Gasteiger partial charge in [0.2, 0.25) is 5.91 Å². The van der Waals surface area contributed by atoms with Crippen molar-refractivity contribution in [1.82, 2.24) is 16.0 Å². The van der Waals surface area contributed by atoms with Crippen molar-refractivity contribution < 1.29 is 9.59 Å². The number of anilines is 1. The SMILES string of the molecule is O=C1CN(c2ccc(CNC(=O)NCc3cc(Br)cs3)cc2)CCN1. The van der Waals surface area contributed by atoms with Crippen LogP contribution in [-0.4, -0.2) is 31.6 Å². The van der Waals surface area contributed by atoms with Crippen LogP contribution in [0.5, 0.6) is 0 Å². The molecule has 0 bridgehead atoms. The number of nitrogens with zero attached hydrogens (tertiary/aromatic N) is 1. The zero-order chi connectivity index (χ0) is 17.6. The number of thiophene rings is 1. The van der Waals surface area contributed by atoms with Gasteiger partial charge in [0, 0.05) is 40.1 Å². The fourth-order valence-corrected chi connectivity index (χ4v) is 3.93. The zero-order valence-corrected chi connectivity index (χ0v) is 16.0. The minimum Gasteiger partial charge on any atom is -0.360 e. The molecule has 0 saturated carbocycles. The molecule has 0 unspecified atom stereocenters. The van der Waals surface area contributed by atoms with Crippen molar-refractivity contribution in [2.45, 2.75) is 13.1 Å². The Kier molecular flexibility index (Phi) is 5.93. The molecule has 1 aromatic carbocycles. The average Bonchev–Trinajstić information content (AvgIpc) is 3.04. The van der Waals surface area contributed by atoms with Crippen molar-refractivity contribution in [1.29, 1.82) is 0 Å². The Balaban J connectivity index is 1.45. The smallest absolute Gasteiger partial charge is 0.315 e. The molecule has 1 aliphatic rings. The summed E-state index contributed by atoms with van der Waals surface area (Å²) in [7, 11) is 0. The number of rotatable bonds is 5. The normalized spacial score (nSPS) is 14.1. The third-order valence-electron chi connectivity index (χ3n) is 3.84. The highest BCUT2D eigenvalue weighted by Crippen LogP contribution is 2.19. The van der Waals surface area contributed by atoms with Crippen LogP contribution in [0.4, 0.5) is 10.5 Å². The van der Waals surface area contributed by atoms with Gasteiger partial charge in [0.05, 0.1) is 13.1 Å². The van der Waals surface area contributed by atoms with Gasteiger partial charge in [-0.25, -0.2) is 4.79 Å². The number of nitrogens with one attached hydrogen (secondary N) is 3. The molecule has 1 aliphatic heterocycles. The lowest BCUT2D eigenvalue weighted by Gasteiger charge is -2.28. The first-order chi connectivity index (χ1) is 12.1. The van der Waals surface area contributed by atoms with Crippen molar-refractivity contribution in [3.8, 4) is 0 Å². The predicted molar refractivity (Wildman–Crippen MR) is 103 cm³/mol. The molecule has 0 spiro atoms. The van der Waals surface area contributed by atoms with Gasteiger partial charge in [-0.2, -0.15) is 0 Å². The number of carbonyl (C=O) groups is 2. The Labute approximate surface area is 158 Å². The summed E-state index contributed by atoms with van der Waals surface area (Å²) in [6.07, 6.45) is 0. The van der Waals surface area contributed by atoms with E-state index in [1.165, 1.54) is 0 Å². The first-order valence-electron chi connectivity index (χ1n) is 7.95. The number of halogens is 1. The van der Waals surface area contributed by atoms with E-state index in [2.05, 4.69) is 31.9 Å². The summed E-state index contributed by atoms with van der Waals surface area (Å²) in [6.45, 7) is 2.84. The largest absolute Gasteiger partial charge is 0.360 e. The average molecular weight is 423 g/mol. The molecular formula is C17H19BrN4O2S. The second-order valence-corrected chi connectivity index (χ2v) is 7.62. The molecule has 2 heterocycles. The molecule has 8 heteroatoms. The minimum atomic E-state index is -0.193. The van der Waals surface area contributed by atoms with Crippen LogP contribution in [0.15, 0.2) is 40.2 Å². The second kappa shape index (κ2) is 8.35. The number of hydrogen-bond acceptors (Lipinski definition) is 4. The Morgan fingerprint density at radius 3 is 2.68 bits per heavy atom. The van der Waals surface area contributed by atoms with Crippen LogP contribution in [0, 0.1) is 0 Å². The third kappa shape index (κ3) is 5.20. The topological polar surface area (TPSA) is 73.5 Å². The summed E-state index contributed by atoms with van der Waals surface area (Å²) in [4.78, 5) is 26.5. The lowest BCUT2D eigenvalue weighted by atomic mass is 10.2. The first-order valence-corrected chi connectivity index (χ1v) is 9.62. The number of carbonyl (C=O) groups excluding carboxylic acids is 2. The molecule has 3 rings (SSSR count). The van der Waals surface area contributed by atoms with E-state index in [1.54, 1.807) is 11.3 Å². The van der Waals surface area contributed by atoms with E-state index < -0.39 is 0 Å². The summed E-state index contributed by atoms with van der Waals surface area (Å²) < 4.78 is 1.03. The van der Waals surface area contributed by atoms with Gasteiger partial charge in [0.15, 0.2) is 0 Å². The maximum Gasteiger partial charge on any atom is 0.315 e. The molecule has 1 aromatic heterocycles. The quantitative estimate of drug-likeness (QED) is 0.692.